The summed E-state index contributed by atoms with van der Waals surface area (Å²) >= 11 is 0. The van der Waals surface area contributed by atoms with E-state index in [1.54, 1.807) is 16.7 Å². The largest absolute Gasteiger partial charge is 0.0985 e. The van der Waals surface area contributed by atoms with Crippen LogP contribution < -0.4 is 0 Å². The second-order valence-corrected chi connectivity index (χ2v) is 7.65. The van der Waals surface area contributed by atoms with Gasteiger partial charge in [0.2, 0.25) is 0 Å². The molecule has 0 amide bonds. The van der Waals surface area contributed by atoms with Crippen molar-refractivity contribution in [1.82, 2.24) is 0 Å². The van der Waals surface area contributed by atoms with Crippen LogP contribution in [0.2, 0.25) is 0 Å². The zero-order valence-electron chi connectivity index (χ0n) is 15.8. The number of hydrogen-bond acceptors (Lipinski definition) is 0. The van der Waals surface area contributed by atoms with Crippen LogP contribution in [0.15, 0.2) is 49.0 Å². The Labute approximate surface area is 154 Å². The minimum Gasteiger partial charge on any atom is -0.0985 e. The highest BCUT2D eigenvalue weighted by Gasteiger charge is 2.18. The van der Waals surface area contributed by atoms with Crippen molar-refractivity contribution in [3.8, 4) is 0 Å². The Kier molecular flexibility index (Phi) is 6.50. The van der Waals surface area contributed by atoms with Crippen LogP contribution in [0, 0.1) is 5.92 Å². The average molecular weight is 333 g/mol. The molecule has 0 bridgehead atoms. The molecule has 0 aromatic heterocycles. The van der Waals surface area contributed by atoms with Gasteiger partial charge < -0.3 is 0 Å². The van der Waals surface area contributed by atoms with E-state index in [1.165, 1.54) is 68.9 Å². The van der Waals surface area contributed by atoms with Gasteiger partial charge in [-0.15, -0.1) is 0 Å². The van der Waals surface area contributed by atoms with Gasteiger partial charge in [-0.25, -0.2) is 0 Å². The Morgan fingerprint density at radius 3 is 2.52 bits per heavy atom. The van der Waals surface area contributed by atoms with Crippen LogP contribution in [0.3, 0.4) is 0 Å². The van der Waals surface area contributed by atoms with Crippen molar-refractivity contribution in [2.45, 2.75) is 64.7 Å². The lowest BCUT2D eigenvalue weighted by atomic mass is 9.80. The lowest BCUT2D eigenvalue weighted by Crippen LogP contribution is -2.15. The van der Waals surface area contributed by atoms with Crippen molar-refractivity contribution in [3.63, 3.8) is 0 Å². The molecule has 2 aromatic rings. The standard InChI is InChI=1S/C25H32/c1-3-5-6-7-22-14-16-25-19-23(15-17-24(25)18-22)13-12-21-10-8-20(4-2)9-11-21/h4,8-11,14,16,18,23H,2-3,5-7,12-13,15,17,19H2,1H3/t23-/m0/s1. The van der Waals surface area contributed by atoms with Crippen molar-refractivity contribution in [2.75, 3.05) is 0 Å². The van der Waals surface area contributed by atoms with E-state index < -0.39 is 0 Å². The van der Waals surface area contributed by atoms with Crippen LogP contribution in [-0.4, -0.2) is 0 Å². The summed E-state index contributed by atoms with van der Waals surface area (Å²) < 4.78 is 0. The van der Waals surface area contributed by atoms with Gasteiger partial charge in [0.1, 0.15) is 0 Å². The number of hydrogen-bond donors (Lipinski definition) is 0. The molecule has 0 aliphatic heterocycles. The predicted octanol–water partition coefficient (Wildman–Crippen LogP) is 6.80. The highest BCUT2D eigenvalue weighted by atomic mass is 14.2. The molecule has 3 rings (SSSR count). The number of aryl methyl sites for hydroxylation is 3. The van der Waals surface area contributed by atoms with Crippen LogP contribution in [0.25, 0.3) is 6.08 Å². The van der Waals surface area contributed by atoms with Crippen LogP contribution in [0.1, 0.15) is 66.8 Å². The van der Waals surface area contributed by atoms with Gasteiger partial charge in [0, 0.05) is 0 Å². The SMILES string of the molecule is C=Cc1ccc(CC[C@H]2CCc3cc(CCCCC)ccc3C2)cc1. The minimum atomic E-state index is 0.845. The van der Waals surface area contributed by atoms with Gasteiger partial charge in [0.15, 0.2) is 0 Å². The molecule has 0 heterocycles. The summed E-state index contributed by atoms with van der Waals surface area (Å²) in [5.74, 6) is 0.845. The Hall–Kier alpha value is -1.82. The van der Waals surface area contributed by atoms with E-state index in [2.05, 4.69) is 56.0 Å². The fraction of sp³-hybridized carbons (Fsp3) is 0.440. The summed E-state index contributed by atoms with van der Waals surface area (Å²) in [6.45, 7) is 6.11. The highest BCUT2D eigenvalue weighted by molar-refractivity contribution is 5.47. The molecule has 0 nitrogen and oxygen atoms in total. The lowest BCUT2D eigenvalue weighted by molar-refractivity contribution is 0.427. The zero-order chi connectivity index (χ0) is 17.5. The zero-order valence-corrected chi connectivity index (χ0v) is 15.8. The molecule has 0 spiro atoms. The smallest absolute Gasteiger partial charge is 0.0247 e. The Morgan fingerprint density at radius 2 is 1.76 bits per heavy atom. The molecule has 0 radical (unpaired) electrons. The minimum absolute atomic E-state index is 0.845. The summed E-state index contributed by atoms with van der Waals surface area (Å²) in [6, 6.07) is 16.2. The normalized spacial score (nSPS) is 16.4. The first kappa shape index (κ1) is 18.0. The van der Waals surface area contributed by atoms with Crippen molar-refractivity contribution in [1.29, 1.82) is 0 Å². The van der Waals surface area contributed by atoms with E-state index in [0.29, 0.717) is 0 Å². The Bertz CT molecular complexity index is 678. The van der Waals surface area contributed by atoms with E-state index >= 15 is 0 Å². The van der Waals surface area contributed by atoms with E-state index in [1.807, 2.05) is 6.08 Å². The van der Waals surface area contributed by atoms with Crippen LogP contribution in [-0.2, 0) is 25.7 Å². The third-order valence-corrected chi connectivity index (χ3v) is 5.73. The van der Waals surface area contributed by atoms with Crippen molar-refractivity contribution in [3.05, 3.63) is 76.9 Å². The second-order valence-electron chi connectivity index (χ2n) is 7.65. The van der Waals surface area contributed by atoms with Crippen molar-refractivity contribution >= 4 is 6.08 Å². The molecule has 0 fully saturated rings. The van der Waals surface area contributed by atoms with Crippen LogP contribution >= 0.6 is 0 Å². The van der Waals surface area contributed by atoms with E-state index in [9.17, 15) is 0 Å². The molecular formula is C25H32. The first-order valence-electron chi connectivity index (χ1n) is 10.1. The van der Waals surface area contributed by atoms with Crippen molar-refractivity contribution < 1.29 is 0 Å². The van der Waals surface area contributed by atoms with Gasteiger partial charge in [-0.05, 0) is 78.7 Å². The summed E-state index contributed by atoms with van der Waals surface area (Å²) in [5, 5.41) is 0. The molecule has 0 saturated carbocycles. The third-order valence-electron chi connectivity index (χ3n) is 5.73. The molecule has 1 atom stereocenters. The average Bonchev–Trinajstić information content (AvgIpc) is 2.67. The number of benzene rings is 2. The van der Waals surface area contributed by atoms with Crippen molar-refractivity contribution in [2.24, 2.45) is 5.92 Å². The second kappa shape index (κ2) is 9.04. The molecule has 132 valence electrons. The highest BCUT2D eigenvalue weighted by Crippen LogP contribution is 2.29. The van der Waals surface area contributed by atoms with E-state index in [-0.39, 0.29) is 0 Å². The lowest BCUT2D eigenvalue weighted by Gasteiger charge is -2.25. The summed E-state index contributed by atoms with van der Waals surface area (Å²) in [7, 11) is 0. The molecule has 0 N–H and O–H groups in total. The summed E-state index contributed by atoms with van der Waals surface area (Å²) in [6.07, 6.45) is 13.6. The third kappa shape index (κ3) is 5.08. The van der Waals surface area contributed by atoms with Gasteiger partial charge >= 0.3 is 0 Å². The number of rotatable bonds is 8. The fourth-order valence-corrected chi connectivity index (χ4v) is 4.06. The topological polar surface area (TPSA) is 0 Å². The van der Waals surface area contributed by atoms with Gasteiger partial charge in [-0.3, -0.25) is 0 Å². The van der Waals surface area contributed by atoms with Gasteiger partial charge in [-0.2, -0.15) is 0 Å². The molecule has 0 unspecified atom stereocenters. The van der Waals surface area contributed by atoms with Crippen LogP contribution in [0.4, 0.5) is 0 Å². The van der Waals surface area contributed by atoms with Crippen LogP contribution in [0.5, 0.6) is 0 Å². The van der Waals surface area contributed by atoms with E-state index in [0.717, 1.165) is 5.92 Å². The molecule has 1 aliphatic rings. The predicted molar refractivity (Wildman–Crippen MR) is 110 cm³/mol. The summed E-state index contributed by atoms with van der Waals surface area (Å²) in [5.41, 5.74) is 7.46. The van der Waals surface area contributed by atoms with Gasteiger partial charge in [-0.1, -0.05) is 74.9 Å². The maximum Gasteiger partial charge on any atom is -0.0247 e. The summed E-state index contributed by atoms with van der Waals surface area (Å²) in [4.78, 5) is 0. The molecule has 0 saturated heterocycles. The maximum atomic E-state index is 3.83. The fourth-order valence-electron chi connectivity index (χ4n) is 4.06. The molecule has 1 aliphatic carbocycles. The number of unbranched alkanes of at least 4 members (excludes halogenated alkanes) is 2. The molecule has 0 heteroatoms. The molecular weight excluding hydrogens is 300 g/mol. The van der Waals surface area contributed by atoms with Gasteiger partial charge in [0.05, 0.1) is 0 Å². The van der Waals surface area contributed by atoms with E-state index in [4.69, 9.17) is 0 Å². The van der Waals surface area contributed by atoms with Gasteiger partial charge in [0.25, 0.3) is 0 Å². The quantitative estimate of drug-likeness (QED) is 0.466. The molecule has 25 heavy (non-hydrogen) atoms. The first-order valence-corrected chi connectivity index (χ1v) is 10.1. The monoisotopic (exact) mass is 332 g/mol. The maximum absolute atomic E-state index is 3.83. The molecule has 2 aromatic carbocycles. The Balaban J connectivity index is 1.53. The Morgan fingerprint density at radius 1 is 0.960 bits per heavy atom. The first-order chi connectivity index (χ1) is 12.3. The number of fused-ring (bicyclic) bond motifs is 1.